The van der Waals surface area contributed by atoms with Crippen molar-refractivity contribution in [3.8, 4) is 6.07 Å². The summed E-state index contributed by atoms with van der Waals surface area (Å²) in [6.45, 7) is 4.50. The lowest BCUT2D eigenvalue weighted by molar-refractivity contribution is 0.0691. The van der Waals surface area contributed by atoms with Crippen LogP contribution >= 0.6 is 11.6 Å². The first-order valence-corrected chi connectivity index (χ1v) is 10.9. The standard InChI is InChI=1S/C23H20ClFN6O2/c1-11-5-14(12(2)27-15-3-4-18(24)29-20(15)22(32)33)19-16(6-11)28-17(8-26)21(30-19)31-9-13-7-23(13,25)10-31/h3-6,12-13,27H,7,9-10H2,1-2H3,(H,32,33)/t12-,13?,23+/m1/s1. The maximum atomic E-state index is 14.6. The molecule has 1 aliphatic carbocycles. The van der Waals surface area contributed by atoms with Crippen LogP contribution < -0.4 is 10.2 Å². The topological polar surface area (TPSA) is 115 Å². The fraction of sp³-hybridized carbons (Fsp3) is 0.348. The van der Waals surface area contributed by atoms with Gasteiger partial charge in [0.2, 0.25) is 0 Å². The van der Waals surface area contributed by atoms with E-state index in [-0.39, 0.29) is 35.0 Å². The van der Waals surface area contributed by atoms with Crippen LogP contribution in [0.2, 0.25) is 5.15 Å². The number of pyridine rings is 1. The van der Waals surface area contributed by atoms with E-state index in [1.165, 1.54) is 6.07 Å². The number of carboxylic acids is 1. The first kappa shape index (κ1) is 21.3. The number of nitriles is 1. The third-order valence-electron chi connectivity index (χ3n) is 6.28. The third kappa shape index (κ3) is 3.70. The lowest BCUT2D eigenvalue weighted by Crippen LogP contribution is -2.27. The van der Waals surface area contributed by atoms with Crippen molar-refractivity contribution >= 4 is 40.1 Å². The summed E-state index contributed by atoms with van der Waals surface area (Å²) in [6, 6.07) is 8.59. The van der Waals surface area contributed by atoms with Gasteiger partial charge in [0.05, 0.1) is 29.3 Å². The fourth-order valence-corrected chi connectivity index (χ4v) is 4.70. The second-order valence-corrected chi connectivity index (χ2v) is 9.13. The first-order valence-electron chi connectivity index (χ1n) is 10.5. The number of aryl methyl sites for hydroxylation is 1. The van der Waals surface area contributed by atoms with Crippen LogP contribution in [0.3, 0.4) is 0 Å². The van der Waals surface area contributed by atoms with Crippen molar-refractivity contribution in [2.24, 2.45) is 5.92 Å². The quantitative estimate of drug-likeness (QED) is 0.535. The number of alkyl halides is 1. The summed E-state index contributed by atoms with van der Waals surface area (Å²) < 4.78 is 14.6. The van der Waals surface area contributed by atoms with E-state index >= 15 is 0 Å². The minimum Gasteiger partial charge on any atom is -0.476 e. The second kappa shape index (κ2) is 7.52. The van der Waals surface area contributed by atoms with Gasteiger partial charge < -0.3 is 15.3 Å². The van der Waals surface area contributed by atoms with E-state index < -0.39 is 11.6 Å². The van der Waals surface area contributed by atoms with E-state index in [2.05, 4.69) is 21.4 Å². The SMILES string of the molecule is Cc1cc([C@@H](C)Nc2ccc(Cl)nc2C(=O)O)c2nc(N3CC4C[C@]4(F)C3)c(C#N)nc2c1. The molecular weight excluding hydrogens is 447 g/mol. The highest BCUT2D eigenvalue weighted by Crippen LogP contribution is 2.53. The number of hydrogen-bond acceptors (Lipinski definition) is 7. The molecule has 1 unspecified atom stereocenters. The Hall–Kier alpha value is -3.51. The van der Waals surface area contributed by atoms with Crippen LogP contribution in [0.15, 0.2) is 24.3 Å². The Morgan fingerprint density at radius 1 is 1.39 bits per heavy atom. The zero-order valence-electron chi connectivity index (χ0n) is 17.9. The van der Waals surface area contributed by atoms with Crippen molar-refractivity contribution in [1.29, 1.82) is 5.26 Å². The van der Waals surface area contributed by atoms with Gasteiger partial charge in [-0.05, 0) is 44.0 Å². The summed E-state index contributed by atoms with van der Waals surface area (Å²) >= 11 is 5.87. The minimum absolute atomic E-state index is 0.0218. The molecule has 168 valence electrons. The van der Waals surface area contributed by atoms with Crippen molar-refractivity contribution in [3.63, 3.8) is 0 Å². The van der Waals surface area contributed by atoms with E-state index in [9.17, 15) is 19.6 Å². The zero-order valence-corrected chi connectivity index (χ0v) is 18.7. The van der Waals surface area contributed by atoms with E-state index in [0.717, 1.165) is 11.1 Å². The number of halogens is 2. The molecule has 0 bridgehead atoms. The van der Waals surface area contributed by atoms with Gasteiger partial charge in [0.25, 0.3) is 0 Å². The third-order valence-corrected chi connectivity index (χ3v) is 6.50. The number of fused-ring (bicyclic) bond motifs is 2. The molecule has 8 nitrogen and oxygen atoms in total. The molecule has 2 aromatic heterocycles. The Kier molecular flexibility index (Phi) is 4.87. The molecule has 2 aliphatic rings. The van der Waals surface area contributed by atoms with E-state index in [0.29, 0.717) is 35.5 Å². The van der Waals surface area contributed by atoms with E-state index in [4.69, 9.17) is 16.6 Å². The van der Waals surface area contributed by atoms with Crippen LogP contribution in [0.5, 0.6) is 0 Å². The smallest absolute Gasteiger partial charge is 0.356 e. The van der Waals surface area contributed by atoms with Crippen LogP contribution in [0.1, 0.15) is 46.7 Å². The number of piperidine rings is 1. The predicted molar refractivity (Wildman–Crippen MR) is 121 cm³/mol. The maximum Gasteiger partial charge on any atom is 0.356 e. The number of benzene rings is 1. The summed E-state index contributed by atoms with van der Waals surface area (Å²) in [7, 11) is 0. The molecule has 2 N–H and O–H groups in total. The van der Waals surface area contributed by atoms with Crippen molar-refractivity contribution in [3.05, 3.63) is 51.9 Å². The van der Waals surface area contributed by atoms with Gasteiger partial charge in [-0.3, -0.25) is 0 Å². The molecular formula is C23H20ClFN6O2. The number of nitrogens with zero attached hydrogens (tertiary/aromatic N) is 5. The highest BCUT2D eigenvalue weighted by molar-refractivity contribution is 6.29. The van der Waals surface area contributed by atoms with Gasteiger partial charge in [-0.2, -0.15) is 5.26 Å². The summed E-state index contributed by atoms with van der Waals surface area (Å²) in [5.41, 5.74) is 1.91. The first-order chi connectivity index (χ1) is 15.7. The van der Waals surface area contributed by atoms with Crippen molar-refractivity contribution < 1.29 is 14.3 Å². The number of aromatic carboxylic acids is 1. The molecule has 0 spiro atoms. The van der Waals surface area contributed by atoms with Crippen LogP contribution in [0.4, 0.5) is 15.9 Å². The fourth-order valence-electron chi connectivity index (χ4n) is 4.56. The number of hydrogen-bond donors (Lipinski definition) is 2. The molecule has 0 radical (unpaired) electrons. The molecule has 1 saturated carbocycles. The van der Waals surface area contributed by atoms with Gasteiger partial charge in [0, 0.05) is 18.0 Å². The maximum absolute atomic E-state index is 14.6. The number of anilines is 2. The van der Waals surface area contributed by atoms with Crippen molar-refractivity contribution in [1.82, 2.24) is 15.0 Å². The van der Waals surface area contributed by atoms with Crippen LogP contribution in [0.25, 0.3) is 11.0 Å². The molecule has 3 aromatic rings. The van der Waals surface area contributed by atoms with Gasteiger partial charge in [0.1, 0.15) is 16.9 Å². The average molecular weight is 467 g/mol. The molecule has 3 heterocycles. The molecule has 1 saturated heterocycles. The second-order valence-electron chi connectivity index (χ2n) is 8.75. The summed E-state index contributed by atoms with van der Waals surface area (Å²) in [4.78, 5) is 26.6. The largest absolute Gasteiger partial charge is 0.476 e. The lowest BCUT2D eigenvalue weighted by Gasteiger charge is -2.23. The molecule has 0 amide bonds. The highest BCUT2D eigenvalue weighted by Gasteiger charge is 2.61. The Labute approximate surface area is 194 Å². The van der Waals surface area contributed by atoms with Crippen LogP contribution in [-0.4, -0.2) is 44.8 Å². The van der Waals surface area contributed by atoms with Crippen LogP contribution in [0, 0.1) is 24.2 Å². The highest BCUT2D eigenvalue weighted by atomic mass is 35.5. The molecule has 5 rings (SSSR count). The van der Waals surface area contributed by atoms with Gasteiger partial charge in [-0.15, -0.1) is 0 Å². The zero-order chi connectivity index (χ0) is 23.5. The number of carboxylic acid groups (broad SMARTS) is 1. The van der Waals surface area contributed by atoms with Crippen molar-refractivity contribution in [2.45, 2.75) is 32.0 Å². The molecule has 2 fully saturated rings. The van der Waals surface area contributed by atoms with Gasteiger partial charge in [0.15, 0.2) is 17.2 Å². The molecule has 1 aliphatic heterocycles. The Balaban J connectivity index is 1.57. The molecule has 10 heteroatoms. The predicted octanol–water partition coefficient (Wildman–Crippen LogP) is 4.28. The summed E-state index contributed by atoms with van der Waals surface area (Å²) in [5, 5.41) is 22.4. The number of carbonyl (C=O) groups is 1. The Bertz CT molecular complexity index is 1360. The lowest BCUT2D eigenvalue weighted by atomic mass is 10.0. The summed E-state index contributed by atoms with van der Waals surface area (Å²) in [5.74, 6) is -0.841. The molecule has 3 atom stereocenters. The average Bonchev–Trinajstić information content (AvgIpc) is 3.29. The number of nitrogens with one attached hydrogen (secondary N) is 1. The van der Waals surface area contributed by atoms with Gasteiger partial charge in [-0.25, -0.2) is 24.1 Å². The molecule has 1 aromatic carbocycles. The monoisotopic (exact) mass is 466 g/mol. The van der Waals surface area contributed by atoms with E-state index in [1.807, 2.05) is 26.0 Å². The van der Waals surface area contributed by atoms with E-state index in [1.54, 1.807) is 11.0 Å². The number of rotatable bonds is 5. The normalized spacial score (nSPS) is 22.0. The Morgan fingerprint density at radius 3 is 2.85 bits per heavy atom. The minimum atomic E-state index is -1.20. The van der Waals surface area contributed by atoms with Gasteiger partial charge >= 0.3 is 5.97 Å². The Morgan fingerprint density at radius 2 is 2.18 bits per heavy atom. The summed E-state index contributed by atoms with van der Waals surface area (Å²) in [6.07, 6.45) is 0.554. The molecule has 33 heavy (non-hydrogen) atoms. The van der Waals surface area contributed by atoms with Crippen molar-refractivity contribution in [2.75, 3.05) is 23.3 Å². The number of aromatic nitrogens is 3. The van der Waals surface area contributed by atoms with Crippen LogP contribution in [-0.2, 0) is 0 Å². The van der Waals surface area contributed by atoms with Gasteiger partial charge in [-0.1, -0.05) is 17.7 Å².